The van der Waals surface area contributed by atoms with Crippen LogP contribution in [0.2, 0.25) is 0 Å². The molecule has 2 heterocycles. The van der Waals surface area contributed by atoms with Gasteiger partial charge in [0.15, 0.2) is 9.84 Å². The van der Waals surface area contributed by atoms with E-state index in [9.17, 15) is 13.2 Å². The molecule has 2 atom stereocenters. The molecule has 25 heavy (non-hydrogen) atoms. The fraction of sp³-hybridized carbons (Fsp3) is 0.526. The van der Waals surface area contributed by atoms with Crippen molar-refractivity contribution in [3.8, 4) is 0 Å². The molecule has 2 aliphatic rings. The number of hydrogen-bond donors (Lipinski definition) is 1. The fourth-order valence-corrected chi connectivity index (χ4v) is 5.73. The van der Waals surface area contributed by atoms with Gasteiger partial charge >= 0.3 is 0 Å². The number of carbonyl (C=O) groups excluding carboxylic acids is 1. The Bertz CT molecular complexity index is 737. The van der Waals surface area contributed by atoms with E-state index in [1.54, 1.807) is 6.08 Å². The summed E-state index contributed by atoms with van der Waals surface area (Å²) in [5, 5.41) is 2.95. The number of piperidine rings is 1. The third-order valence-corrected chi connectivity index (χ3v) is 6.80. The van der Waals surface area contributed by atoms with Crippen LogP contribution in [0.4, 0.5) is 0 Å². The highest BCUT2D eigenvalue weighted by molar-refractivity contribution is 7.91. The topological polar surface area (TPSA) is 66.5 Å². The van der Waals surface area contributed by atoms with Crippen LogP contribution >= 0.6 is 0 Å². The van der Waals surface area contributed by atoms with E-state index in [1.807, 2.05) is 37.3 Å². The highest BCUT2D eigenvalue weighted by Gasteiger charge is 2.41. The molecule has 1 N–H and O–H groups in total. The second kappa shape index (κ2) is 7.70. The summed E-state index contributed by atoms with van der Waals surface area (Å²) in [6.07, 6.45) is 4.97. The number of likely N-dealkylation sites (tertiary alicyclic amines) is 1. The van der Waals surface area contributed by atoms with Crippen LogP contribution in [0.3, 0.4) is 0 Å². The number of amides is 1. The summed E-state index contributed by atoms with van der Waals surface area (Å²) in [6.45, 7) is 3.74. The molecule has 2 fully saturated rings. The summed E-state index contributed by atoms with van der Waals surface area (Å²) >= 11 is 0. The zero-order valence-electron chi connectivity index (χ0n) is 14.6. The van der Waals surface area contributed by atoms with Crippen LogP contribution in [0, 0.1) is 0 Å². The standard InChI is InChI=1S/C19H26N2O3S/c1-15(16-8-4-2-5-9-16)12-19(22)20-17-13-25(23,24)14-18(17)21-10-6-3-7-11-21/h2,4-5,8-9,12,17-18H,3,6-7,10-11,13-14H2,1H3,(H,20,22)/b15-12-. The van der Waals surface area contributed by atoms with Gasteiger partial charge in [-0.15, -0.1) is 0 Å². The van der Waals surface area contributed by atoms with E-state index in [0.29, 0.717) is 0 Å². The van der Waals surface area contributed by atoms with Gasteiger partial charge in [0.25, 0.3) is 0 Å². The van der Waals surface area contributed by atoms with Crippen LogP contribution in [-0.4, -0.2) is 55.9 Å². The first-order valence-electron chi connectivity index (χ1n) is 8.93. The van der Waals surface area contributed by atoms with E-state index in [2.05, 4.69) is 10.2 Å². The Labute approximate surface area is 150 Å². The second-order valence-electron chi connectivity index (χ2n) is 7.05. The maximum atomic E-state index is 12.4. The first-order chi connectivity index (χ1) is 11.9. The molecule has 0 radical (unpaired) electrons. The van der Waals surface area contributed by atoms with Crippen molar-refractivity contribution in [2.45, 2.75) is 38.3 Å². The first-order valence-corrected chi connectivity index (χ1v) is 10.8. The Balaban J connectivity index is 1.70. The van der Waals surface area contributed by atoms with E-state index in [0.717, 1.165) is 37.1 Å². The Hall–Kier alpha value is -1.66. The molecule has 0 bridgehead atoms. The van der Waals surface area contributed by atoms with Crippen LogP contribution in [0.5, 0.6) is 0 Å². The lowest BCUT2D eigenvalue weighted by Gasteiger charge is -2.34. The SMILES string of the molecule is C/C(=C/C(=O)NC1CS(=O)(=O)CC1N1CCCCC1)c1ccccc1. The van der Waals surface area contributed by atoms with Crippen LogP contribution in [0.1, 0.15) is 31.7 Å². The number of nitrogens with one attached hydrogen (secondary N) is 1. The summed E-state index contributed by atoms with van der Waals surface area (Å²) in [5.41, 5.74) is 1.86. The molecule has 2 aliphatic heterocycles. The van der Waals surface area contributed by atoms with E-state index in [4.69, 9.17) is 0 Å². The maximum absolute atomic E-state index is 12.4. The molecule has 0 spiro atoms. The molecule has 2 unspecified atom stereocenters. The summed E-state index contributed by atoms with van der Waals surface area (Å²) in [4.78, 5) is 14.7. The molecule has 6 heteroatoms. The number of sulfone groups is 1. The summed E-state index contributed by atoms with van der Waals surface area (Å²) < 4.78 is 24.3. The summed E-state index contributed by atoms with van der Waals surface area (Å²) in [5.74, 6) is -0.0252. The Kier molecular flexibility index (Phi) is 5.59. The van der Waals surface area contributed by atoms with Gasteiger partial charge in [0.1, 0.15) is 0 Å². The van der Waals surface area contributed by atoms with Crippen molar-refractivity contribution < 1.29 is 13.2 Å². The number of benzene rings is 1. The number of rotatable bonds is 4. The van der Waals surface area contributed by atoms with E-state index >= 15 is 0 Å². The average molecular weight is 362 g/mol. The van der Waals surface area contributed by atoms with Gasteiger partial charge in [-0.1, -0.05) is 36.8 Å². The highest BCUT2D eigenvalue weighted by atomic mass is 32.2. The van der Waals surface area contributed by atoms with Crippen molar-refractivity contribution in [3.63, 3.8) is 0 Å². The lowest BCUT2D eigenvalue weighted by molar-refractivity contribution is -0.117. The average Bonchev–Trinajstić information content (AvgIpc) is 2.90. The fourth-order valence-electron chi connectivity index (χ4n) is 3.78. The lowest BCUT2D eigenvalue weighted by Crippen LogP contribution is -2.52. The van der Waals surface area contributed by atoms with Crippen molar-refractivity contribution in [1.82, 2.24) is 10.2 Å². The number of hydrogen-bond acceptors (Lipinski definition) is 4. The number of carbonyl (C=O) groups is 1. The van der Waals surface area contributed by atoms with E-state index in [-0.39, 0.29) is 29.5 Å². The quantitative estimate of drug-likeness (QED) is 0.830. The summed E-state index contributed by atoms with van der Waals surface area (Å²) in [6, 6.07) is 9.28. The molecular weight excluding hydrogens is 336 g/mol. The zero-order chi connectivity index (χ0) is 17.9. The predicted octanol–water partition coefficient (Wildman–Crippen LogP) is 1.86. The van der Waals surface area contributed by atoms with Gasteiger partial charge in [-0.25, -0.2) is 8.42 Å². The molecule has 3 rings (SSSR count). The number of nitrogens with zero attached hydrogens (tertiary/aromatic N) is 1. The monoisotopic (exact) mass is 362 g/mol. The summed E-state index contributed by atoms with van der Waals surface area (Å²) in [7, 11) is -3.10. The molecule has 1 amide bonds. The molecule has 1 aromatic rings. The van der Waals surface area contributed by atoms with Crippen LogP contribution in [0.25, 0.3) is 5.57 Å². The van der Waals surface area contributed by atoms with Crippen LogP contribution in [0.15, 0.2) is 36.4 Å². The molecule has 136 valence electrons. The van der Waals surface area contributed by atoms with Crippen molar-refractivity contribution in [1.29, 1.82) is 0 Å². The molecule has 0 aliphatic carbocycles. The third kappa shape index (κ3) is 4.70. The third-order valence-electron chi connectivity index (χ3n) is 5.09. The van der Waals surface area contributed by atoms with Crippen molar-refractivity contribution in [2.75, 3.05) is 24.6 Å². The molecule has 5 nitrogen and oxygen atoms in total. The molecule has 1 aromatic carbocycles. The maximum Gasteiger partial charge on any atom is 0.244 e. The van der Waals surface area contributed by atoms with Gasteiger partial charge in [-0.3, -0.25) is 9.69 Å². The van der Waals surface area contributed by atoms with Gasteiger partial charge in [0.2, 0.25) is 5.91 Å². The van der Waals surface area contributed by atoms with Crippen molar-refractivity contribution >= 4 is 21.3 Å². The molecular formula is C19H26N2O3S. The minimum Gasteiger partial charge on any atom is -0.347 e. The Morgan fingerprint density at radius 3 is 2.48 bits per heavy atom. The predicted molar refractivity (Wildman–Crippen MR) is 99.9 cm³/mol. The largest absolute Gasteiger partial charge is 0.347 e. The first kappa shape index (κ1) is 18.1. The van der Waals surface area contributed by atoms with E-state index in [1.165, 1.54) is 6.42 Å². The molecule has 2 saturated heterocycles. The van der Waals surface area contributed by atoms with Gasteiger partial charge in [-0.05, 0) is 44.0 Å². The van der Waals surface area contributed by atoms with Gasteiger partial charge < -0.3 is 5.32 Å². The zero-order valence-corrected chi connectivity index (χ0v) is 15.5. The van der Waals surface area contributed by atoms with Crippen LogP contribution in [-0.2, 0) is 14.6 Å². The number of allylic oxidation sites excluding steroid dienone is 1. The van der Waals surface area contributed by atoms with Gasteiger partial charge in [-0.2, -0.15) is 0 Å². The lowest BCUT2D eigenvalue weighted by atomic mass is 10.0. The van der Waals surface area contributed by atoms with Gasteiger partial charge in [0, 0.05) is 12.1 Å². The van der Waals surface area contributed by atoms with E-state index < -0.39 is 9.84 Å². The molecule has 0 saturated carbocycles. The van der Waals surface area contributed by atoms with Crippen molar-refractivity contribution in [3.05, 3.63) is 42.0 Å². The Morgan fingerprint density at radius 1 is 1.12 bits per heavy atom. The van der Waals surface area contributed by atoms with Crippen molar-refractivity contribution in [2.24, 2.45) is 0 Å². The molecule has 0 aromatic heterocycles. The minimum atomic E-state index is -3.10. The highest BCUT2D eigenvalue weighted by Crippen LogP contribution is 2.22. The second-order valence-corrected chi connectivity index (χ2v) is 9.20. The Morgan fingerprint density at radius 2 is 1.80 bits per heavy atom. The van der Waals surface area contributed by atoms with Crippen LogP contribution < -0.4 is 5.32 Å². The smallest absolute Gasteiger partial charge is 0.244 e. The van der Waals surface area contributed by atoms with Gasteiger partial charge in [0.05, 0.1) is 17.5 Å². The normalized spacial score (nSPS) is 27.2. The minimum absolute atomic E-state index is 0.0398.